The van der Waals surface area contributed by atoms with Crippen LogP contribution in [0.5, 0.6) is 0 Å². The van der Waals surface area contributed by atoms with Crippen molar-refractivity contribution in [3.8, 4) is 0 Å². The van der Waals surface area contributed by atoms with Crippen LogP contribution in [0.4, 0.5) is 4.39 Å². The highest BCUT2D eigenvalue weighted by Gasteiger charge is 2.26. The van der Waals surface area contributed by atoms with Crippen LogP contribution in [0.15, 0.2) is 18.3 Å². The number of carbonyl (C=O) groups is 2. The van der Waals surface area contributed by atoms with Crippen molar-refractivity contribution in [2.75, 3.05) is 46.8 Å². The van der Waals surface area contributed by atoms with Crippen LogP contribution in [-0.4, -0.2) is 78.3 Å². The average molecular weight is 294 g/mol. The molecule has 0 atom stereocenters. The van der Waals surface area contributed by atoms with Gasteiger partial charge in [0.05, 0.1) is 12.1 Å². The smallest absolute Gasteiger partial charge is 0.258 e. The maximum Gasteiger partial charge on any atom is 0.258 e. The molecule has 1 aliphatic heterocycles. The maximum absolute atomic E-state index is 13.5. The third-order valence-electron chi connectivity index (χ3n) is 3.36. The number of halogens is 1. The summed E-state index contributed by atoms with van der Waals surface area (Å²) in [7, 11) is 3.67. The lowest BCUT2D eigenvalue weighted by Gasteiger charge is -2.35. The molecule has 1 aromatic rings. The Morgan fingerprint density at radius 3 is 2.43 bits per heavy atom. The molecule has 0 N–H and O–H groups in total. The Kier molecular flexibility index (Phi) is 4.85. The van der Waals surface area contributed by atoms with Gasteiger partial charge in [-0.25, -0.2) is 4.98 Å². The van der Waals surface area contributed by atoms with Gasteiger partial charge >= 0.3 is 0 Å². The van der Waals surface area contributed by atoms with E-state index in [1.807, 2.05) is 19.0 Å². The summed E-state index contributed by atoms with van der Waals surface area (Å²) < 4.78 is 13.5. The van der Waals surface area contributed by atoms with Gasteiger partial charge in [0.2, 0.25) is 11.9 Å². The van der Waals surface area contributed by atoms with Crippen LogP contribution < -0.4 is 0 Å². The summed E-state index contributed by atoms with van der Waals surface area (Å²) in [5.41, 5.74) is -0.0226. The fourth-order valence-corrected chi connectivity index (χ4v) is 2.25. The summed E-state index contributed by atoms with van der Waals surface area (Å²) >= 11 is 0. The van der Waals surface area contributed by atoms with Crippen molar-refractivity contribution in [2.45, 2.75) is 0 Å². The predicted molar refractivity (Wildman–Crippen MR) is 75.2 cm³/mol. The number of amides is 2. The van der Waals surface area contributed by atoms with Gasteiger partial charge < -0.3 is 14.7 Å². The molecule has 1 aromatic heterocycles. The topological polar surface area (TPSA) is 56.8 Å². The number of nitrogens with zero attached hydrogens (tertiary/aromatic N) is 4. The monoisotopic (exact) mass is 294 g/mol. The Hall–Kier alpha value is -2.02. The number of aromatic nitrogens is 1. The van der Waals surface area contributed by atoms with Crippen molar-refractivity contribution in [2.24, 2.45) is 0 Å². The first-order valence-corrected chi connectivity index (χ1v) is 6.81. The number of rotatable bonds is 3. The van der Waals surface area contributed by atoms with Gasteiger partial charge in [0.25, 0.3) is 5.91 Å². The molecule has 7 heteroatoms. The van der Waals surface area contributed by atoms with E-state index in [2.05, 4.69) is 4.98 Å². The Balaban J connectivity index is 1.94. The van der Waals surface area contributed by atoms with Crippen LogP contribution in [-0.2, 0) is 4.79 Å². The highest BCUT2D eigenvalue weighted by Crippen LogP contribution is 2.11. The van der Waals surface area contributed by atoms with Crippen LogP contribution >= 0.6 is 0 Å². The number of piperazine rings is 1. The Bertz CT molecular complexity index is 527. The number of hydrogen-bond donors (Lipinski definition) is 0. The minimum absolute atomic E-state index is 0.0226. The van der Waals surface area contributed by atoms with E-state index >= 15 is 0 Å². The minimum Gasteiger partial charge on any atom is -0.338 e. The van der Waals surface area contributed by atoms with E-state index in [0.717, 1.165) is 0 Å². The highest BCUT2D eigenvalue weighted by molar-refractivity contribution is 5.94. The van der Waals surface area contributed by atoms with E-state index in [9.17, 15) is 14.0 Å². The van der Waals surface area contributed by atoms with Gasteiger partial charge in [-0.15, -0.1) is 0 Å². The van der Waals surface area contributed by atoms with Gasteiger partial charge in [0.15, 0.2) is 0 Å². The van der Waals surface area contributed by atoms with Gasteiger partial charge in [0, 0.05) is 32.4 Å². The van der Waals surface area contributed by atoms with Crippen molar-refractivity contribution in [3.05, 3.63) is 29.8 Å². The summed E-state index contributed by atoms with van der Waals surface area (Å²) in [4.78, 5) is 32.7. The van der Waals surface area contributed by atoms with Crippen molar-refractivity contribution in [1.82, 2.24) is 19.7 Å². The predicted octanol–water partition coefficient (Wildman–Crippen LogP) is 0.0667. The molecule has 21 heavy (non-hydrogen) atoms. The average Bonchev–Trinajstić information content (AvgIpc) is 2.46. The first-order chi connectivity index (χ1) is 9.99. The van der Waals surface area contributed by atoms with Gasteiger partial charge in [-0.05, 0) is 26.2 Å². The van der Waals surface area contributed by atoms with E-state index in [1.165, 1.54) is 18.3 Å². The number of likely N-dealkylation sites (N-methyl/N-ethyl adjacent to an activating group) is 1. The molecule has 114 valence electrons. The molecule has 1 saturated heterocycles. The molecule has 0 spiro atoms. The van der Waals surface area contributed by atoms with Crippen LogP contribution in [0, 0.1) is 5.95 Å². The molecule has 1 fully saturated rings. The molecule has 0 unspecified atom stereocenters. The second-order valence-corrected chi connectivity index (χ2v) is 5.25. The van der Waals surface area contributed by atoms with E-state index < -0.39 is 5.95 Å². The molecule has 0 bridgehead atoms. The number of hydrogen-bond acceptors (Lipinski definition) is 4. The van der Waals surface area contributed by atoms with Crippen LogP contribution in [0.25, 0.3) is 0 Å². The van der Waals surface area contributed by atoms with Gasteiger partial charge in [-0.2, -0.15) is 4.39 Å². The van der Waals surface area contributed by atoms with E-state index in [4.69, 9.17) is 0 Å². The molecule has 2 amide bonds. The van der Waals surface area contributed by atoms with Crippen molar-refractivity contribution in [3.63, 3.8) is 0 Å². The number of pyridine rings is 1. The Morgan fingerprint density at radius 1 is 1.24 bits per heavy atom. The lowest BCUT2D eigenvalue weighted by molar-refractivity contribution is -0.133. The Labute approximate surface area is 123 Å². The summed E-state index contributed by atoms with van der Waals surface area (Å²) in [5.74, 6) is -1.09. The number of carbonyl (C=O) groups excluding carboxylic acids is 2. The molecule has 2 heterocycles. The van der Waals surface area contributed by atoms with Crippen LogP contribution in [0.2, 0.25) is 0 Å². The minimum atomic E-state index is -0.756. The molecule has 2 rings (SSSR count). The maximum atomic E-state index is 13.5. The highest BCUT2D eigenvalue weighted by atomic mass is 19.1. The van der Waals surface area contributed by atoms with Gasteiger partial charge in [-0.3, -0.25) is 9.59 Å². The molecule has 6 nitrogen and oxygen atoms in total. The normalized spacial score (nSPS) is 15.4. The SMILES string of the molecule is CN(C)CC(=O)N1CCN(C(=O)c2cccnc2F)CC1. The third-order valence-corrected chi connectivity index (χ3v) is 3.36. The summed E-state index contributed by atoms with van der Waals surface area (Å²) in [5, 5.41) is 0. The first-order valence-electron chi connectivity index (χ1n) is 6.81. The van der Waals surface area contributed by atoms with Crippen molar-refractivity contribution >= 4 is 11.8 Å². The Morgan fingerprint density at radius 2 is 1.86 bits per heavy atom. The van der Waals surface area contributed by atoms with Crippen molar-refractivity contribution in [1.29, 1.82) is 0 Å². The lowest BCUT2D eigenvalue weighted by Crippen LogP contribution is -2.52. The van der Waals surface area contributed by atoms with Crippen LogP contribution in [0.1, 0.15) is 10.4 Å². The second kappa shape index (κ2) is 6.62. The summed E-state index contributed by atoms with van der Waals surface area (Å²) in [6.07, 6.45) is 1.31. The second-order valence-electron chi connectivity index (χ2n) is 5.25. The molecular weight excluding hydrogens is 275 g/mol. The summed E-state index contributed by atoms with van der Waals surface area (Å²) in [6.45, 7) is 2.12. The largest absolute Gasteiger partial charge is 0.338 e. The lowest BCUT2D eigenvalue weighted by atomic mass is 10.2. The third kappa shape index (κ3) is 3.75. The molecule has 0 aromatic carbocycles. The quantitative estimate of drug-likeness (QED) is 0.740. The fourth-order valence-electron chi connectivity index (χ4n) is 2.25. The molecule has 1 aliphatic rings. The molecule has 0 saturated carbocycles. The molecular formula is C14H19FN4O2. The first kappa shape index (κ1) is 15.4. The molecule has 0 aliphatic carbocycles. The fraction of sp³-hybridized carbons (Fsp3) is 0.500. The van der Waals surface area contributed by atoms with Crippen LogP contribution in [0.3, 0.4) is 0 Å². The summed E-state index contributed by atoms with van der Waals surface area (Å²) in [6, 6.07) is 2.96. The van der Waals surface area contributed by atoms with E-state index in [-0.39, 0.29) is 17.4 Å². The standard InChI is InChI=1S/C14H19FN4O2/c1-17(2)10-12(20)18-6-8-19(9-7-18)14(21)11-4-3-5-16-13(11)15/h3-5H,6-10H2,1-2H3. The van der Waals surface area contributed by atoms with Crippen molar-refractivity contribution < 1.29 is 14.0 Å². The van der Waals surface area contributed by atoms with E-state index in [1.54, 1.807) is 9.80 Å². The zero-order valence-corrected chi connectivity index (χ0v) is 12.3. The molecule has 0 radical (unpaired) electrons. The van der Waals surface area contributed by atoms with Gasteiger partial charge in [0.1, 0.15) is 0 Å². The zero-order chi connectivity index (χ0) is 15.4. The van der Waals surface area contributed by atoms with Gasteiger partial charge in [-0.1, -0.05) is 0 Å². The van der Waals surface area contributed by atoms with E-state index in [0.29, 0.717) is 32.7 Å². The zero-order valence-electron chi connectivity index (χ0n) is 12.3.